The van der Waals surface area contributed by atoms with Crippen molar-refractivity contribution in [1.29, 1.82) is 0 Å². The number of carbonyl (C=O) groups is 1. The Hall–Kier alpha value is -2.86. The van der Waals surface area contributed by atoms with E-state index in [1.165, 1.54) is 5.56 Å². The van der Waals surface area contributed by atoms with Gasteiger partial charge < -0.3 is 10.1 Å². The largest absolute Gasteiger partial charge is 0.437 e. The van der Waals surface area contributed by atoms with Gasteiger partial charge in [0.15, 0.2) is 0 Å². The molecule has 1 unspecified atom stereocenters. The Bertz CT molecular complexity index is 889. The van der Waals surface area contributed by atoms with E-state index in [1.807, 2.05) is 36.4 Å². The number of nitrogens with one attached hydrogen (secondary N) is 1. The van der Waals surface area contributed by atoms with Crippen molar-refractivity contribution in [3.05, 3.63) is 78.8 Å². The molecular formula is C22H23N3O2S. The summed E-state index contributed by atoms with van der Waals surface area (Å²) in [5, 5.41) is 2.86. The van der Waals surface area contributed by atoms with Crippen molar-refractivity contribution >= 4 is 23.4 Å². The molecule has 1 heterocycles. The van der Waals surface area contributed by atoms with E-state index in [-0.39, 0.29) is 17.1 Å². The van der Waals surface area contributed by atoms with Crippen LogP contribution in [0.5, 0.6) is 11.6 Å². The number of benzene rings is 2. The van der Waals surface area contributed by atoms with Crippen LogP contribution in [0.4, 0.5) is 5.69 Å². The highest BCUT2D eigenvalue weighted by Gasteiger charge is 2.23. The lowest BCUT2D eigenvalue weighted by molar-refractivity contribution is -0.116. The third kappa shape index (κ3) is 5.82. The topological polar surface area (TPSA) is 64.1 Å². The Balaban J connectivity index is 1.63. The normalized spacial score (nSPS) is 11.8. The van der Waals surface area contributed by atoms with Gasteiger partial charge in [0, 0.05) is 29.9 Å². The third-order valence-corrected chi connectivity index (χ3v) is 5.62. The second-order valence-electron chi connectivity index (χ2n) is 6.62. The SMILES string of the molecule is CC(C)C(SCc1ccccc1)C(=O)Nc1cccc(Oc2cnccn2)c1. The molecule has 5 nitrogen and oxygen atoms in total. The molecule has 0 saturated heterocycles. The molecule has 0 saturated carbocycles. The van der Waals surface area contributed by atoms with E-state index >= 15 is 0 Å². The third-order valence-electron chi connectivity index (χ3n) is 4.00. The monoisotopic (exact) mass is 393 g/mol. The van der Waals surface area contributed by atoms with Crippen LogP contribution in [-0.4, -0.2) is 21.1 Å². The molecule has 1 aromatic heterocycles. The van der Waals surface area contributed by atoms with Crippen molar-refractivity contribution in [2.75, 3.05) is 5.32 Å². The first-order valence-corrected chi connectivity index (χ1v) is 10.2. The number of carbonyl (C=O) groups excluding carboxylic acids is 1. The van der Waals surface area contributed by atoms with Gasteiger partial charge in [-0.3, -0.25) is 9.78 Å². The van der Waals surface area contributed by atoms with Crippen LogP contribution >= 0.6 is 11.8 Å². The molecule has 0 fully saturated rings. The highest BCUT2D eigenvalue weighted by Crippen LogP contribution is 2.27. The van der Waals surface area contributed by atoms with Gasteiger partial charge in [-0.2, -0.15) is 0 Å². The maximum Gasteiger partial charge on any atom is 0.237 e. The van der Waals surface area contributed by atoms with Crippen LogP contribution in [0.25, 0.3) is 0 Å². The van der Waals surface area contributed by atoms with Crippen LogP contribution in [0.3, 0.4) is 0 Å². The average molecular weight is 394 g/mol. The van der Waals surface area contributed by atoms with Gasteiger partial charge in [0.25, 0.3) is 0 Å². The fourth-order valence-corrected chi connectivity index (χ4v) is 3.80. The number of amides is 1. The maximum absolute atomic E-state index is 12.8. The first-order valence-electron chi connectivity index (χ1n) is 9.12. The zero-order valence-corrected chi connectivity index (χ0v) is 16.7. The summed E-state index contributed by atoms with van der Waals surface area (Å²) in [5.74, 6) is 2.01. The molecule has 3 aromatic rings. The molecule has 2 aromatic carbocycles. The summed E-state index contributed by atoms with van der Waals surface area (Å²) in [5.41, 5.74) is 1.91. The molecule has 3 rings (SSSR count). The number of hydrogen-bond acceptors (Lipinski definition) is 5. The van der Waals surface area contributed by atoms with Crippen molar-refractivity contribution in [3.8, 4) is 11.6 Å². The van der Waals surface area contributed by atoms with Crippen LogP contribution in [-0.2, 0) is 10.5 Å². The van der Waals surface area contributed by atoms with E-state index in [0.717, 1.165) is 5.75 Å². The number of hydrogen-bond donors (Lipinski definition) is 1. The lowest BCUT2D eigenvalue weighted by Crippen LogP contribution is -2.29. The first-order chi connectivity index (χ1) is 13.6. The van der Waals surface area contributed by atoms with Crippen molar-refractivity contribution in [2.45, 2.75) is 24.9 Å². The Morgan fingerprint density at radius 3 is 2.64 bits per heavy atom. The lowest BCUT2D eigenvalue weighted by Gasteiger charge is -2.20. The Morgan fingerprint density at radius 1 is 1.11 bits per heavy atom. The van der Waals surface area contributed by atoms with Crippen LogP contribution in [0, 0.1) is 5.92 Å². The predicted molar refractivity (Wildman–Crippen MR) is 114 cm³/mol. The molecule has 0 aliphatic rings. The molecule has 0 bridgehead atoms. The zero-order chi connectivity index (χ0) is 19.8. The van der Waals surface area contributed by atoms with Gasteiger partial charge in [-0.25, -0.2) is 4.98 Å². The van der Waals surface area contributed by atoms with E-state index < -0.39 is 0 Å². The minimum atomic E-state index is -0.148. The summed E-state index contributed by atoms with van der Waals surface area (Å²) in [4.78, 5) is 20.9. The van der Waals surface area contributed by atoms with Gasteiger partial charge in [-0.05, 0) is 23.6 Å². The predicted octanol–water partition coefficient (Wildman–Crippen LogP) is 5.17. The molecule has 28 heavy (non-hydrogen) atoms. The standard InChI is InChI=1S/C22H23N3O2S/c1-16(2)21(28-15-17-7-4-3-5-8-17)22(26)25-18-9-6-10-19(13-18)27-20-14-23-11-12-24-20/h3-14,16,21H,15H2,1-2H3,(H,25,26). The first kappa shape index (κ1) is 19.9. The van der Waals surface area contributed by atoms with Crippen LogP contribution in [0.2, 0.25) is 0 Å². The molecule has 144 valence electrons. The summed E-state index contributed by atoms with van der Waals surface area (Å²) in [6.45, 7) is 4.13. The highest BCUT2D eigenvalue weighted by atomic mass is 32.2. The van der Waals surface area contributed by atoms with Crippen LogP contribution < -0.4 is 10.1 Å². The van der Waals surface area contributed by atoms with Crippen molar-refractivity contribution < 1.29 is 9.53 Å². The van der Waals surface area contributed by atoms with Gasteiger partial charge in [-0.1, -0.05) is 50.2 Å². The number of anilines is 1. The van der Waals surface area contributed by atoms with Crippen LogP contribution in [0.15, 0.2) is 73.2 Å². The minimum Gasteiger partial charge on any atom is -0.437 e. The molecule has 0 aliphatic heterocycles. The summed E-state index contributed by atoms with van der Waals surface area (Å²) in [6, 6.07) is 17.5. The van der Waals surface area contributed by atoms with Crippen LogP contribution in [0.1, 0.15) is 19.4 Å². The van der Waals surface area contributed by atoms with Gasteiger partial charge in [0.05, 0.1) is 11.4 Å². The van der Waals surface area contributed by atoms with Crippen molar-refractivity contribution in [2.24, 2.45) is 5.92 Å². The van der Waals surface area contributed by atoms with Gasteiger partial charge in [-0.15, -0.1) is 11.8 Å². The smallest absolute Gasteiger partial charge is 0.237 e. The van der Waals surface area contributed by atoms with E-state index in [1.54, 1.807) is 36.4 Å². The maximum atomic E-state index is 12.8. The Kier molecular flexibility index (Phi) is 7.03. The second-order valence-corrected chi connectivity index (χ2v) is 7.75. The van der Waals surface area contributed by atoms with E-state index in [2.05, 4.69) is 41.3 Å². The average Bonchev–Trinajstić information content (AvgIpc) is 2.70. The molecular weight excluding hydrogens is 370 g/mol. The quantitative estimate of drug-likeness (QED) is 0.572. The number of thioether (sulfide) groups is 1. The Labute approximate surface area is 169 Å². The molecule has 6 heteroatoms. The number of ether oxygens (including phenoxy) is 1. The molecule has 1 atom stereocenters. The molecule has 0 spiro atoms. The fraction of sp³-hybridized carbons (Fsp3) is 0.227. The van der Waals surface area contributed by atoms with Crippen molar-refractivity contribution in [3.63, 3.8) is 0 Å². The minimum absolute atomic E-state index is 0.00687. The number of aromatic nitrogens is 2. The van der Waals surface area contributed by atoms with Gasteiger partial charge >= 0.3 is 0 Å². The van der Waals surface area contributed by atoms with E-state index in [0.29, 0.717) is 17.3 Å². The van der Waals surface area contributed by atoms with E-state index in [4.69, 9.17) is 4.74 Å². The number of rotatable bonds is 8. The van der Waals surface area contributed by atoms with Gasteiger partial charge in [0.2, 0.25) is 11.8 Å². The summed E-state index contributed by atoms with van der Waals surface area (Å²) < 4.78 is 5.68. The summed E-state index contributed by atoms with van der Waals surface area (Å²) >= 11 is 1.66. The zero-order valence-electron chi connectivity index (χ0n) is 15.9. The van der Waals surface area contributed by atoms with Crippen molar-refractivity contribution in [1.82, 2.24) is 9.97 Å². The summed E-state index contributed by atoms with van der Waals surface area (Å²) in [7, 11) is 0. The molecule has 0 aliphatic carbocycles. The number of nitrogens with zero attached hydrogens (tertiary/aromatic N) is 2. The summed E-state index contributed by atoms with van der Waals surface area (Å²) in [6.07, 6.45) is 4.70. The fourth-order valence-electron chi connectivity index (χ4n) is 2.64. The van der Waals surface area contributed by atoms with Gasteiger partial charge in [0.1, 0.15) is 5.75 Å². The molecule has 1 N–H and O–H groups in total. The lowest BCUT2D eigenvalue weighted by atomic mass is 10.1. The molecule has 0 radical (unpaired) electrons. The van der Waals surface area contributed by atoms with E-state index in [9.17, 15) is 4.79 Å². The Morgan fingerprint density at radius 2 is 1.93 bits per heavy atom. The highest BCUT2D eigenvalue weighted by molar-refractivity contribution is 7.99. The second kappa shape index (κ2) is 9.90. The molecule has 1 amide bonds.